The van der Waals surface area contributed by atoms with E-state index < -0.39 is 0 Å². The van der Waals surface area contributed by atoms with E-state index in [1.807, 2.05) is 13.0 Å². The third-order valence-corrected chi connectivity index (χ3v) is 6.85. The van der Waals surface area contributed by atoms with Gasteiger partial charge in [-0.2, -0.15) is 0 Å². The van der Waals surface area contributed by atoms with E-state index in [4.69, 9.17) is 9.40 Å². The molecule has 6 aromatic rings. The first-order valence-electron chi connectivity index (χ1n) is 12.2. The van der Waals surface area contributed by atoms with Gasteiger partial charge in [0, 0.05) is 33.0 Å². The number of nitrogens with zero attached hydrogens (tertiary/aromatic N) is 2. The molecule has 0 N–H and O–H groups in total. The van der Waals surface area contributed by atoms with Gasteiger partial charge in [-0.25, -0.2) is 9.97 Å². The van der Waals surface area contributed by atoms with Crippen molar-refractivity contribution in [2.24, 2.45) is 0 Å². The Bertz CT molecular complexity index is 1740. The first-order valence-corrected chi connectivity index (χ1v) is 12.2. The number of hydrogen-bond acceptors (Lipinski definition) is 3. The fourth-order valence-electron chi connectivity index (χ4n) is 5.05. The van der Waals surface area contributed by atoms with Gasteiger partial charge in [0.1, 0.15) is 5.58 Å². The van der Waals surface area contributed by atoms with Gasteiger partial charge in [-0.15, -0.1) is 0 Å². The van der Waals surface area contributed by atoms with Crippen LogP contribution in [0.1, 0.15) is 42.1 Å². The average molecular weight is 457 g/mol. The van der Waals surface area contributed by atoms with E-state index in [-0.39, 0.29) is 0 Å². The second kappa shape index (κ2) is 8.06. The lowest BCUT2D eigenvalue weighted by Crippen LogP contribution is -1.96. The van der Waals surface area contributed by atoms with Crippen molar-refractivity contribution < 1.29 is 4.42 Å². The van der Waals surface area contributed by atoms with Crippen molar-refractivity contribution in [3.8, 4) is 22.5 Å². The minimum atomic E-state index is 0.399. The van der Waals surface area contributed by atoms with Crippen LogP contribution < -0.4 is 0 Å². The number of fused-ring (bicyclic) bond motifs is 4. The molecular formula is C32H28N2O. The molecule has 3 aromatic carbocycles. The molecule has 3 heteroatoms. The molecule has 0 bridgehead atoms. The van der Waals surface area contributed by atoms with Crippen LogP contribution in [-0.2, 0) is 0 Å². The van der Waals surface area contributed by atoms with Gasteiger partial charge < -0.3 is 4.42 Å². The van der Waals surface area contributed by atoms with Crippen LogP contribution >= 0.6 is 0 Å². The summed E-state index contributed by atoms with van der Waals surface area (Å²) in [6.07, 6.45) is 0. The number of furan rings is 1. The van der Waals surface area contributed by atoms with Crippen molar-refractivity contribution in [3.63, 3.8) is 0 Å². The molecule has 0 aliphatic rings. The van der Waals surface area contributed by atoms with Crippen molar-refractivity contribution in [1.82, 2.24) is 9.97 Å². The summed E-state index contributed by atoms with van der Waals surface area (Å²) in [4.78, 5) is 9.93. The highest BCUT2D eigenvalue weighted by Crippen LogP contribution is 2.40. The predicted octanol–water partition coefficient (Wildman–Crippen LogP) is 8.91. The first kappa shape index (κ1) is 21.5. The van der Waals surface area contributed by atoms with Crippen LogP contribution in [0.2, 0.25) is 0 Å². The maximum Gasteiger partial charge on any atom is 0.227 e. The van der Waals surface area contributed by atoms with Crippen molar-refractivity contribution in [1.29, 1.82) is 0 Å². The molecular weight excluding hydrogens is 428 g/mol. The summed E-state index contributed by atoms with van der Waals surface area (Å²) < 4.78 is 6.41. The number of pyridine rings is 2. The van der Waals surface area contributed by atoms with E-state index in [1.54, 1.807) is 0 Å². The van der Waals surface area contributed by atoms with E-state index >= 15 is 0 Å². The second-order valence-electron chi connectivity index (χ2n) is 9.92. The number of aromatic nitrogens is 2. The van der Waals surface area contributed by atoms with Crippen LogP contribution in [0.15, 0.2) is 77.2 Å². The smallest absolute Gasteiger partial charge is 0.227 e. The molecule has 35 heavy (non-hydrogen) atoms. The fourth-order valence-corrected chi connectivity index (χ4v) is 5.05. The van der Waals surface area contributed by atoms with Crippen LogP contribution in [0.25, 0.3) is 55.4 Å². The molecule has 0 saturated heterocycles. The summed E-state index contributed by atoms with van der Waals surface area (Å²) in [6.45, 7) is 10.7. The van der Waals surface area contributed by atoms with E-state index in [1.165, 1.54) is 22.1 Å². The zero-order valence-corrected chi connectivity index (χ0v) is 20.8. The third kappa shape index (κ3) is 3.59. The van der Waals surface area contributed by atoms with Gasteiger partial charge >= 0.3 is 0 Å². The van der Waals surface area contributed by atoms with E-state index in [9.17, 15) is 0 Å². The lowest BCUT2D eigenvalue weighted by Gasteiger charge is -2.16. The normalized spacial score (nSPS) is 11.8. The highest BCUT2D eigenvalue weighted by Gasteiger charge is 2.19. The summed E-state index contributed by atoms with van der Waals surface area (Å²) >= 11 is 0. The van der Waals surface area contributed by atoms with Gasteiger partial charge in [-0.3, -0.25) is 0 Å². The minimum Gasteiger partial charge on any atom is -0.437 e. The van der Waals surface area contributed by atoms with E-state index in [2.05, 4.69) is 99.4 Å². The van der Waals surface area contributed by atoms with Crippen molar-refractivity contribution in [3.05, 3.63) is 95.2 Å². The molecule has 0 amide bonds. The molecule has 0 atom stereocenters. The maximum atomic E-state index is 6.41. The summed E-state index contributed by atoms with van der Waals surface area (Å²) in [5, 5.41) is 4.50. The van der Waals surface area contributed by atoms with Crippen LogP contribution in [-0.4, -0.2) is 9.97 Å². The fraction of sp³-hybridized carbons (Fsp3) is 0.188. The molecule has 0 unspecified atom stereocenters. The zero-order valence-electron chi connectivity index (χ0n) is 20.8. The Hall–Kier alpha value is -3.98. The third-order valence-electron chi connectivity index (χ3n) is 6.85. The monoisotopic (exact) mass is 456 g/mol. The highest BCUT2D eigenvalue weighted by molar-refractivity contribution is 6.11. The van der Waals surface area contributed by atoms with Crippen molar-refractivity contribution in [2.75, 3.05) is 0 Å². The zero-order chi connectivity index (χ0) is 24.3. The van der Waals surface area contributed by atoms with Crippen molar-refractivity contribution in [2.45, 2.75) is 40.5 Å². The molecule has 0 radical (unpaired) electrons. The summed E-state index contributed by atoms with van der Waals surface area (Å²) in [5.74, 6) is 0.399. The lowest BCUT2D eigenvalue weighted by atomic mass is 9.92. The maximum absolute atomic E-state index is 6.41. The van der Waals surface area contributed by atoms with Crippen LogP contribution in [0.3, 0.4) is 0 Å². The SMILES string of the molecule is Cc1ccc(-c2cc3c(C(C)C)cccc3c(-c3cc(C)cc4c3oc3nc(C)ccc34)n2)cc1. The summed E-state index contributed by atoms with van der Waals surface area (Å²) in [7, 11) is 0. The van der Waals surface area contributed by atoms with Crippen LogP contribution in [0.4, 0.5) is 0 Å². The summed E-state index contributed by atoms with van der Waals surface area (Å²) in [6, 6.07) is 25.9. The molecule has 0 aliphatic heterocycles. The molecule has 3 aromatic heterocycles. The lowest BCUT2D eigenvalue weighted by molar-refractivity contribution is 0.653. The molecule has 0 spiro atoms. The topological polar surface area (TPSA) is 38.9 Å². The summed E-state index contributed by atoms with van der Waals surface area (Å²) in [5.41, 5.74) is 10.2. The highest BCUT2D eigenvalue weighted by atomic mass is 16.3. The van der Waals surface area contributed by atoms with Crippen LogP contribution in [0, 0.1) is 20.8 Å². The van der Waals surface area contributed by atoms with Crippen LogP contribution in [0.5, 0.6) is 0 Å². The Balaban J connectivity index is 1.74. The Morgan fingerprint density at radius 3 is 2.26 bits per heavy atom. The van der Waals surface area contributed by atoms with Gasteiger partial charge in [0.25, 0.3) is 0 Å². The molecule has 6 rings (SSSR count). The quantitative estimate of drug-likeness (QED) is 0.267. The van der Waals surface area contributed by atoms with Gasteiger partial charge in [0.15, 0.2) is 0 Å². The Morgan fingerprint density at radius 1 is 0.686 bits per heavy atom. The molecule has 0 fully saturated rings. The second-order valence-corrected chi connectivity index (χ2v) is 9.92. The molecule has 3 nitrogen and oxygen atoms in total. The Morgan fingerprint density at radius 2 is 1.49 bits per heavy atom. The number of benzene rings is 3. The van der Waals surface area contributed by atoms with Gasteiger partial charge in [-0.1, -0.05) is 61.9 Å². The van der Waals surface area contributed by atoms with Gasteiger partial charge in [0.2, 0.25) is 5.71 Å². The molecule has 3 heterocycles. The Kier molecular flexibility index (Phi) is 4.96. The first-order chi connectivity index (χ1) is 16.9. The van der Waals surface area contributed by atoms with Crippen molar-refractivity contribution >= 4 is 32.8 Å². The van der Waals surface area contributed by atoms with Gasteiger partial charge in [0.05, 0.1) is 11.4 Å². The Labute approximate surface area is 205 Å². The van der Waals surface area contributed by atoms with Gasteiger partial charge in [-0.05, 0) is 73.5 Å². The van der Waals surface area contributed by atoms with E-state index in [0.29, 0.717) is 11.6 Å². The molecule has 0 saturated carbocycles. The standard InChI is InChI=1S/C32H28N2O/c1-18(2)23-7-6-8-24-26(23)17-29(22-12-9-19(3)10-13-22)34-30(24)28-16-20(4)15-27-25-14-11-21(5)33-32(25)35-31(27)28/h6-18H,1-5H3. The number of hydrogen-bond donors (Lipinski definition) is 0. The molecule has 0 aliphatic carbocycles. The number of aryl methyl sites for hydroxylation is 3. The number of rotatable bonds is 3. The molecule has 172 valence electrons. The average Bonchev–Trinajstić information content (AvgIpc) is 3.20. The predicted molar refractivity (Wildman–Crippen MR) is 146 cm³/mol. The van der Waals surface area contributed by atoms with E-state index in [0.717, 1.165) is 50.0 Å². The minimum absolute atomic E-state index is 0.399. The largest absolute Gasteiger partial charge is 0.437 e.